The molecule has 0 amide bonds. The highest BCUT2D eigenvalue weighted by Gasteiger charge is 2.23. The zero-order valence-corrected chi connectivity index (χ0v) is 15.6. The average Bonchev–Trinajstić information content (AvgIpc) is 3.32. The first-order chi connectivity index (χ1) is 13.6. The molecule has 4 rings (SSSR count). The molecule has 0 N–H and O–H groups in total. The monoisotopic (exact) mass is 394 g/mol. The molecule has 4 aromatic rings. The molecule has 2 aromatic heterocycles. The molecule has 2 heterocycles. The van der Waals surface area contributed by atoms with E-state index in [1.165, 1.54) is 4.68 Å². The van der Waals surface area contributed by atoms with Crippen LogP contribution >= 0.6 is 11.6 Å². The number of carbonyl (C=O) groups excluding carboxylic acids is 1. The van der Waals surface area contributed by atoms with Gasteiger partial charge in [-0.05, 0) is 31.2 Å². The number of hydrogen-bond donors (Lipinski definition) is 0. The number of aryl methyl sites for hydroxylation is 1. The van der Waals surface area contributed by atoms with Crippen LogP contribution in [0, 0.1) is 6.92 Å². The third-order valence-electron chi connectivity index (χ3n) is 4.02. The second-order valence-corrected chi connectivity index (χ2v) is 6.30. The first-order valence-corrected chi connectivity index (χ1v) is 8.87. The Morgan fingerprint density at radius 1 is 1.07 bits per heavy atom. The summed E-state index contributed by atoms with van der Waals surface area (Å²) in [6.45, 7) is 1.53. The Labute approximate surface area is 165 Å². The molecule has 0 saturated heterocycles. The molecule has 0 fully saturated rings. The van der Waals surface area contributed by atoms with Gasteiger partial charge in [0, 0.05) is 5.56 Å². The fourth-order valence-electron chi connectivity index (χ4n) is 2.68. The van der Waals surface area contributed by atoms with Crippen LogP contribution in [0.25, 0.3) is 17.1 Å². The molecule has 28 heavy (non-hydrogen) atoms. The molecule has 0 aliphatic carbocycles. The molecular weight excluding hydrogens is 380 g/mol. The Bertz CT molecular complexity index is 1110. The largest absolute Gasteiger partial charge is 0.452 e. The predicted octanol–water partition coefficient (Wildman–Crippen LogP) is 4.24. The van der Waals surface area contributed by atoms with Crippen LogP contribution in [0.15, 0.2) is 65.1 Å². The Hall–Kier alpha value is -3.45. The number of nitrogens with zero attached hydrogens (tertiary/aromatic N) is 4. The lowest BCUT2D eigenvalue weighted by Gasteiger charge is -2.03. The number of para-hydroxylation sites is 1. The molecule has 0 aliphatic heterocycles. The van der Waals surface area contributed by atoms with Gasteiger partial charge in [-0.2, -0.15) is 5.10 Å². The van der Waals surface area contributed by atoms with Crippen LogP contribution in [-0.2, 0) is 11.3 Å². The number of ether oxygens (including phenoxy) is 1. The molecule has 0 radical (unpaired) electrons. The molecule has 0 spiro atoms. The third-order valence-corrected chi connectivity index (χ3v) is 4.37. The third kappa shape index (κ3) is 3.52. The van der Waals surface area contributed by atoms with E-state index < -0.39 is 5.97 Å². The number of carbonyl (C=O) groups is 1. The van der Waals surface area contributed by atoms with Crippen molar-refractivity contribution in [3.63, 3.8) is 0 Å². The van der Waals surface area contributed by atoms with Gasteiger partial charge in [-0.15, -0.1) is 10.2 Å². The van der Waals surface area contributed by atoms with E-state index in [1.54, 1.807) is 6.92 Å². The van der Waals surface area contributed by atoms with Crippen LogP contribution in [0.5, 0.6) is 0 Å². The molecule has 0 atom stereocenters. The maximum absolute atomic E-state index is 12.5. The minimum absolute atomic E-state index is 0.162. The topological polar surface area (TPSA) is 83.0 Å². The van der Waals surface area contributed by atoms with E-state index in [2.05, 4.69) is 15.3 Å². The second-order valence-electron chi connectivity index (χ2n) is 5.94. The molecule has 2 aromatic carbocycles. The van der Waals surface area contributed by atoms with Gasteiger partial charge in [0.1, 0.15) is 10.7 Å². The summed E-state index contributed by atoms with van der Waals surface area (Å²) in [7, 11) is 0. The van der Waals surface area contributed by atoms with E-state index in [4.69, 9.17) is 20.8 Å². The first-order valence-electron chi connectivity index (χ1n) is 8.49. The molecular formula is C20H15ClN4O3. The van der Waals surface area contributed by atoms with Crippen LogP contribution in [0.4, 0.5) is 0 Å². The molecule has 7 nitrogen and oxygen atoms in total. The number of hydrogen-bond acceptors (Lipinski definition) is 6. The highest BCUT2D eigenvalue weighted by Crippen LogP contribution is 2.25. The van der Waals surface area contributed by atoms with Crippen molar-refractivity contribution in [2.45, 2.75) is 13.5 Å². The lowest BCUT2D eigenvalue weighted by atomic mass is 10.2. The summed E-state index contributed by atoms with van der Waals surface area (Å²) >= 11 is 6.37. The van der Waals surface area contributed by atoms with Crippen molar-refractivity contribution in [2.24, 2.45) is 0 Å². The smallest absolute Gasteiger partial charge is 0.343 e. The summed E-state index contributed by atoms with van der Waals surface area (Å²) in [5, 5.41) is 12.4. The van der Waals surface area contributed by atoms with Crippen LogP contribution in [-0.4, -0.2) is 25.9 Å². The molecule has 8 heteroatoms. The van der Waals surface area contributed by atoms with Gasteiger partial charge in [0.2, 0.25) is 5.89 Å². The minimum Gasteiger partial charge on any atom is -0.452 e. The Morgan fingerprint density at radius 2 is 1.75 bits per heavy atom. The molecule has 0 bridgehead atoms. The fourth-order valence-corrected chi connectivity index (χ4v) is 3.03. The maximum Gasteiger partial charge on any atom is 0.343 e. The van der Waals surface area contributed by atoms with Crippen LogP contribution in [0.1, 0.15) is 21.9 Å². The van der Waals surface area contributed by atoms with Crippen LogP contribution in [0.3, 0.4) is 0 Å². The van der Waals surface area contributed by atoms with Gasteiger partial charge in [0.25, 0.3) is 5.89 Å². The van der Waals surface area contributed by atoms with Crippen LogP contribution in [0.2, 0.25) is 5.15 Å². The summed E-state index contributed by atoms with van der Waals surface area (Å²) in [4.78, 5) is 12.5. The molecule has 0 saturated carbocycles. The summed E-state index contributed by atoms with van der Waals surface area (Å²) in [5.74, 6) is -0.0571. The predicted molar refractivity (Wildman–Crippen MR) is 102 cm³/mol. The molecule has 0 unspecified atom stereocenters. The minimum atomic E-state index is -0.607. The van der Waals surface area contributed by atoms with E-state index >= 15 is 0 Å². The quantitative estimate of drug-likeness (QED) is 0.471. The van der Waals surface area contributed by atoms with Gasteiger partial charge in [-0.1, -0.05) is 48.0 Å². The number of esters is 1. The highest BCUT2D eigenvalue weighted by atomic mass is 35.5. The first kappa shape index (κ1) is 17.9. The van der Waals surface area contributed by atoms with Crippen molar-refractivity contribution in [1.29, 1.82) is 0 Å². The Morgan fingerprint density at radius 3 is 2.46 bits per heavy atom. The van der Waals surface area contributed by atoms with E-state index in [1.807, 2.05) is 60.7 Å². The number of aromatic nitrogens is 4. The van der Waals surface area contributed by atoms with Crippen molar-refractivity contribution in [3.05, 3.63) is 83.0 Å². The van der Waals surface area contributed by atoms with Gasteiger partial charge < -0.3 is 9.15 Å². The van der Waals surface area contributed by atoms with E-state index in [-0.39, 0.29) is 23.2 Å². The van der Waals surface area contributed by atoms with E-state index in [9.17, 15) is 4.79 Å². The van der Waals surface area contributed by atoms with Gasteiger partial charge in [-0.25, -0.2) is 9.48 Å². The lowest BCUT2D eigenvalue weighted by Crippen LogP contribution is -2.07. The SMILES string of the molecule is Cc1nn(-c2ccccc2)c(Cl)c1C(=O)OCc1nnc(-c2ccccc2)o1. The number of rotatable bonds is 5. The Kier molecular flexibility index (Phi) is 4.90. The molecule has 0 aliphatic rings. The van der Waals surface area contributed by atoms with Gasteiger partial charge in [0.05, 0.1) is 11.4 Å². The van der Waals surface area contributed by atoms with Crippen molar-refractivity contribution >= 4 is 17.6 Å². The van der Waals surface area contributed by atoms with Crippen LogP contribution < -0.4 is 0 Å². The summed E-state index contributed by atoms with van der Waals surface area (Å²) in [6, 6.07) is 18.6. The number of halogens is 1. The second kappa shape index (κ2) is 7.66. The zero-order chi connectivity index (χ0) is 19.5. The summed E-state index contributed by atoms with van der Waals surface area (Å²) < 4.78 is 12.3. The van der Waals surface area contributed by atoms with Crippen molar-refractivity contribution in [3.8, 4) is 17.1 Å². The standard InChI is InChI=1S/C20H15ClN4O3/c1-13-17(18(21)25(24-13)15-10-6-3-7-11-15)20(26)27-12-16-22-23-19(28-16)14-8-4-2-5-9-14/h2-11H,12H2,1H3. The zero-order valence-electron chi connectivity index (χ0n) is 14.9. The average molecular weight is 395 g/mol. The summed E-state index contributed by atoms with van der Waals surface area (Å²) in [5.41, 5.74) is 2.21. The van der Waals surface area contributed by atoms with E-state index in [0.29, 0.717) is 11.6 Å². The lowest BCUT2D eigenvalue weighted by molar-refractivity contribution is 0.0438. The normalized spacial score (nSPS) is 10.8. The van der Waals surface area contributed by atoms with Crippen molar-refractivity contribution in [1.82, 2.24) is 20.0 Å². The van der Waals surface area contributed by atoms with Crippen molar-refractivity contribution in [2.75, 3.05) is 0 Å². The number of benzene rings is 2. The maximum atomic E-state index is 12.5. The van der Waals surface area contributed by atoms with Gasteiger partial charge in [-0.3, -0.25) is 0 Å². The highest BCUT2D eigenvalue weighted by molar-refractivity contribution is 6.33. The van der Waals surface area contributed by atoms with Gasteiger partial charge >= 0.3 is 5.97 Å². The van der Waals surface area contributed by atoms with Gasteiger partial charge in [0.15, 0.2) is 6.61 Å². The summed E-state index contributed by atoms with van der Waals surface area (Å²) in [6.07, 6.45) is 0. The van der Waals surface area contributed by atoms with E-state index in [0.717, 1.165) is 11.3 Å². The fraction of sp³-hybridized carbons (Fsp3) is 0.100. The van der Waals surface area contributed by atoms with Crippen molar-refractivity contribution < 1.29 is 13.9 Å². The molecule has 140 valence electrons. The Balaban J connectivity index is 1.49.